The Hall–Kier alpha value is -3.35. The van der Waals surface area contributed by atoms with Crippen molar-refractivity contribution in [3.63, 3.8) is 0 Å². The second-order valence-corrected chi connectivity index (χ2v) is 8.38. The van der Waals surface area contributed by atoms with Crippen molar-refractivity contribution < 1.29 is 24.2 Å². The second-order valence-electron chi connectivity index (χ2n) is 8.38. The summed E-state index contributed by atoms with van der Waals surface area (Å²) in [6, 6.07) is 15.2. The number of hydrogen-bond donors (Lipinski definition) is 3. The molecule has 1 aliphatic carbocycles. The molecule has 0 saturated carbocycles. The Kier molecular flexibility index (Phi) is 7.51. The van der Waals surface area contributed by atoms with Crippen LogP contribution in [0, 0.1) is 11.8 Å². The molecule has 0 aliphatic heterocycles. The maximum atomic E-state index is 12.5. The van der Waals surface area contributed by atoms with Crippen LogP contribution in [0.5, 0.6) is 0 Å². The Morgan fingerprint density at radius 3 is 2.06 bits per heavy atom. The van der Waals surface area contributed by atoms with Gasteiger partial charge in [-0.05, 0) is 34.6 Å². The first kappa shape index (κ1) is 23.3. The van der Waals surface area contributed by atoms with Crippen LogP contribution in [0.4, 0.5) is 4.79 Å². The number of carbonyl (C=O) groups is 3. The van der Waals surface area contributed by atoms with Crippen LogP contribution >= 0.6 is 0 Å². The number of benzene rings is 2. The maximum absolute atomic E-state index is 12.5. The molecule has 2 unspecified atom stereocenters. The molecule has 0 fully saturated rings. The summed E-state index contributed by atoms with van der Waals surface area (Å²) in [6.45, 7) is 5.54. The first-order valence-corrected chi connectivity index (χ1v) is 11.0. The number of carboxylic acids is 1. The highest BCUT2D eigenvalue weighted by molar-refractivity contribution is 5.85. The molecule has 7 heteroatoms. The molecule has 2 aromatic rings. The first-order chi connectivity index (χ1) is 15.3. The minimum Gasteiger partial charge on any atom is -0.480 e. The largest absolute Gasteiger partial charge is 0.480 e. The fourth-order valence-corrected chi connectivity index (χ4v) is 4.06. The summed E-state index contributed by atoms with van der Waals surface area (Å²) in [5, 5.41) is 14.5. The summed E-state index contributed by atoms with van der Waals surface area (Å²) in [7, 11) is 0. The summed E-state index contributed by atoms with van der Waals surface area (Å²) in [5.74, 6) is -2.30. The van der Waals surface area contributed by atoms with Gasteiger partial charge in [0.15, 0.2) is 0 Å². The molecule has 0 spiro atoms. The summed E-state index contributed by atoms with van der Waals surface area (Å²) in [5.41, 5.74) is 4.55. The molecule has 32 heavy (non-hydrogen) atoms. The second kappa shape index (κ2) is 10.3. The minimum absolute atomic E-state index is 0.0409. The Balaban J connectivity index is 1.56. The number of amides is 2. The monoisotopic (exact) mass is 438 g/mol. The molecule has 2 atom stereocenters. The molecule has 3 N–H and O–H groups in total. The Labute approximate surface area is 188 Å². The van der Waals surface area contributed by atoms with Gasteiger partial charge in [0.25, 0.3) is 0 Å². The van der Waals surface area contributed by atoms with Crippen LogP contribution < -0.4 is 10.6 Å². The predicted molar refractivity (Wildman–Crippen MR) is 121 cm³/mol. The molecular formula is C25H30N2O5. The van der Waals surface area contributed by atoms with E-state index in [0.29, 0.717) is 6.42 Å². The van der Waals surface area contributed by atoms with E-state index in [1.807, 2.05) is 43.3 Å². The van der Waals surface area contributed by atoms with Gasteiger partial charge in [0, 0.05) is 12.5 Å². The number of fused-ring (bicyclic) bond motifs is 3. The van der Waals surface area contributed by atoms with Gasteiger partial charge in [-0.1, -0.05) is 69.3 Å². The highest BCUT2D eigenvalue weighted by Crippen LogP contribution is 2.44. The number of carbonyl (C=O) groups excluding carboxylic acids is 2. The summed E-state index contributed by atoms with van der Waals surface area (Å²) in [4.78, 5) is 36.2. The van der Waals surface area contributed by atoms with Crippen molar-refractivity contribution in [2.24, 2.45) is 11.8 Å². The zero-order valence-electron chi connectivity index (χ0n) is 18.6. The van der Waals surface area contributed by atoms with Gasteiger partial charge in [-0.15, -0.1) is 0 Å². The zero-order chi connectivity index (χ0) is 23.3. The van der Waals surface area contributed by atoms with E-state index in [1.165, 1.54) is 0 Å². The third kappa shape index (κ3) is 5.10. The lowest BCUT2D eigenvalue weighted by Gasteiger charge is -2.22. The minimum atomic E-state index is -1.08. The van der Waals surface area contributed by atoms with Gasteiger partial charge in [-0.2, -0.15) is 0 Å². The first-order valence-electron chi connectivity index (χ1n) is 11.0. The van der Waals surface area contributed by atoms with E-state index in [4.69, 9.17) is 4.74 Å². The topological polar surface area (TPSA) is 105 Å². The van der Waals surface area contributed by atoms with Gasteiger partial charge >= 0.3 is 12.1 Å². The van der Waals surface area contributed by atoms with Crippen molar-refractivity contribution in [3.8, 4) is 11.1 Å². The smallest absolute Gasteiger partial charge is 0.407 e. The third-order valence-corrected chi connectivity index (χ3v) is 5.93. The van der Waals surface area contributed by atoms with Crippen LogP contribution in [0.25, 0.3) is 11.1 Å². The van der Waals surface area contributed by atoms with E-state index < -0.39 is 29.9 Å². The molecule has 170 valence electrons. The van der Waals surface area contributed by atoms with Crippen LogP contribution in [-0.2, 0) is 14.3 Å². The molecule has 2 amide bonds. The standard InChI is InChI=1S/C25H30N2O5/c1-4-16(23(28)27-22(15(2)3)24(29)30)13-26-25(31)32-14-21-19-11-7-5-9-17(19)18-10-6-8-12-20(18)21/h5-12,15-16,21-22H,4,13-14H2,1-3H3,(H,26,31)(H,27,28)(H,29,30). The lowest BCUT2D eigenvalue weighted by Crippen LogP contribution is -2.48. The van der Waals surface area contributed by atoms with Gasteiger partial charge in [-0.3, -0.25) is 4.79 Å². The zero-order valence-corrected chi connectivity index (χ0v) is 18.6. The molecule has 7 nitrogen and oxygen atoms in total. The van der Waals surface area contributed by atoms with Gasteiger partial charge in [-0.25, -0.2) is 9.59 Å². The molecule has 0 radical (unpaired) electrons. The maximum Gasteiger partial charge on any atom is 0.407 e. The molecular weight excluding hydrogens is 408 g/mol. The number of nitrogens with one attached hydrogen (secondary N) is 2. The Bertz CT molecular complexity index is 942. The summed E-state index contributed by atoms with van der Waals surface area (Å²) >= 11 is 0. The number of hydrogen-bond acceptors (Lipinski definition) is 4. The predicted octanol–water partition coefficient (Wildman–Crippen LogP) is 3.78. The van der Waals surface area contributed by atoms with E-state index in [-0.39, 0.29) is 25.0 Å². The summed E-state index contributed by atoms with van der Waals surface area (Å²) in [6.07, 6.45) is -0.142. The van der Waals surface area contributed by atoms with Crippen molar-refractivity contribution in [1.29, 1.82) is 0 Å². The third-order valence-electron chi connectivity index (χ3n) is 5.93. The SMILES string of the molecule is CCC(CNC(=O)OCC1c2ccccc2-c2ccccc21)C(=O)NC(C(=O)O)C(C)C. The van der Waals surface area contributed by atoms with E-state index in [0.717, 1.165) is 22.3 Å². The van der Waals surface area contributed by atoms with Crippen molar-refractivity contribution in [1.82, 2.24) is 10.6 Å². The van der Waals surface area contributed by atoms with E-state index >= 15 is 0 Å². The molecule has 1 aliphatic rings. The molecule has 0 aromatic heterocycles. The molecule has 0 bridgehead atoms. The number of rotatable bonds is 9. The normalized spacial score (nSPS) is 14.2. The average molecular weight is 439 g/mol. The van der Waals surface area contributed by atoms with Crippen molar-refractivity contribution in [2.45, 2.75) is 39.2 Å². The number of ether oxygens (including phenoxy) is 1. The number of aliphatic carboxylic acids is 1. The van der Waals surface area contributed by atoms with Crippen LogP contribution in [0.2, 0.25) is 0 Å². The van der Waals surface area contributed by atoms with Gasteiger partial charge in [0.05, 0.1) is 5.92 Å². The van der Waals surface area contributed by atoms with E-state index in [2.05, 4.69) is 22.8 Å². The Morgan fingerprint density at radius 2 is 1.56 bits per heavy atom. The quantitative estimate of drug-likeness (QED) is 0.553. The summed E-state index contributed by atoms with van der Waals surface area (Å²) < 4.78 is 5.50. The molecule has 0 saturated heterocycles. The molecule has 2 aromatic carbocycles. The van der Waals surface area contributed by atoms with Gasteiger partial charge in [0.1, 0.15) is 12.6 Å². The van der Waals surface area contributed by atoms with Crippen molar-refractivity contribution >= 4 is 18.0 Å². The van der Waals surface area contributed by atoms with Crippen LogP contribution in [0.3, 0.4) is 0 Å². The molecule has 3 rings (SSSR count). The average Bonchev–Trinajstić information content (AvgIpc) is 3.09. The highest BCUT2D eigenvalue weighted by Gasteiger charge is 2.30. The van der Waals surface area contributed by atoms with E-state index in [1.54, 1.807) is 13.8 Å². The Morgan fingerprint density at radius 1 is 1.00 bits per heavy atom. The van der Waals surface area contributed by atoms with Crippen LogP contribution in [-0.4, -0.2) is 42.3 Å². The lowest BCUT2D eigenvalue weighted by molar-refractivity contribution is -0.143. The highest BCUT2D eigenvalue weighted by atomic mass is 16.5. The van der Waals surface area contributed by atoms with E-state index in [9.17, 15) is 19.5 Å². The van der Waals surface area contributed by atoms with Crippen molar-refractivity contribution in [3.05, 3.63) is 59.7 Å². The fraction of sp³-hybridized carbons (Fsp3) is 0.400. The number of carboxylic acid groups (broad SMARTS) is 1. The lowest BCUT2D eigenvalue weighted by atomic mass is 9.98. The van der Waals surface area contributed by atoms with Crippen LogP contribution in [0.1, 0.15) is 44.2 Å². The fourth-order valence-electron chi connectivity index (χ4n) is 4.06. The molecule has 0 heterocycles. The van der Waals surface area contributed by atoms with Gasteiger partial charge in [0.2, 0.25) is 5.91 Å². The van der Waals surface area contributed by atoms with Crippen LogP contribution in [0.15, 0.2) is 48.5 Å². The van der Waals surface area contributed by atoms with Crippen molar-refractivity contribution in [2.75, 3.05) is 13.2 Å². The number of alkyl carbamates (subject to hydrolysis) is 1. The van der Waals surface area contributed by atoms with Gasteiger partial charge < -0.3 is 20.5 Å².